The van der Waals surface area contributed by atoms with Crippen molar-refractivity contribution in [1.29, 1.82) is 0 Å². The summed E-state index contributed by atoms with van der Waals surface area (Å²) in [6, 6.07) is 69.9. The first kappa shape index (κ1) is 34.5. The number of para-hydroxylation sites is 2. The minimum absolute atomic E-state index is 0.570. The Kier molecular flexibility index (Phi) is 7.54. The van der Waals surface area contributed by atoms with Gasteiger partial charge < -0.3 is 8.83 Å². The Morgan fingerprint density at radius 2 is 0.823 bits per heavy atom. The van der Waals surface area contributed by atoms with Gasteiger partial charge in [-0.15, -0.1) is 0 Å². The summed E-state index contributed by atoms with van der Waals surface area (Å²) in [5.41, 5.74) is 10.4. The molecule has 288 valence electrons. The maximum Gasteiger partial charge on any atom is 0.164 e. The number of nitrogens with zero attached hydrogens (tertiary/aromatic N) is 3. The summed E-state index contributed by atoms with van der Waals surface area (Å²) in [6.07, 6.45) is 0. The molecule has 5 heteroatoms. The third kappa shape index (κ3) is 5.52. The van der Waals surface area contributed by atoms with Crippen molar-refractivity contribution in [3.8, 4) is 56.4 Å². The normalized spacial score (nSPS) is 11.9. The maximum absolute atomic E-state index is 6.76. The van der Waals surface area contributed by atoms with Crippen molar-refractivity contribution in [2.45, 2.75) is 0 Å². The second-order valence-corrected chi connectivity index (χ2v) is 15.9. The smallest absolute Gasteiger partial charge is 0.164 e. The lowest BCUT2D eigenvalue weighted by Crippen LogP contribution is -2.00. The fraction of sp³-hybridized carbons (Fsp3) is 0. The SMILES string of the molecule is c1ccc2cc(-c3ccc(-c4nc(-c5ccc6ccc7oc8ccccc8c7c6c5)nc(-c5cccc6oc7c(-c8ccc9ccccc9c8)cccc7c56)n4)cc3)ccc2c1. The number of aromatic nitrogens is 3. The zero-order valence-corrected chi connectivity index (χ0v) is 33.2. The molecule has 0 saturated carbocycles. The number of furan rings is 2. The fourth-order valence-electron chi connectivity index (χ4n) is 9.24. The van der Waals surface area contributed by atoms with E-state index < -0.39 is 0 Å². The summed E-state index contributed by atoms with van der Waals surface area (Å²) >= 11 is 0. The highest BCUT2D eigenvalue weighted by molar-refractivity contribution is 6.19. The van der Waals surface area contributed by atoms with Gasteiger partial charge in [0.15, 0.2) is 17.5 Å². The van der Waals surface area contributed by atoms with Crippen molar-refractivity contribution in [2.75, 3.05) is 0 Å². The van der Waals surface area contributed by atoms with Gasteiger partial charge in [0.05, 0.1) is 0 Å². The predicted molar refractivity (Wildman–Crippen MR) is 254 cm³/mol. The summed E-state index contributed by atoms with van der Waals surface area (Å²) < 4.78 is 13.1. The Bertz CT molecular complexity index is 3940. The zero-order valence-electron chi connectivity index (χ0n) is 33.2. The second-order valence-electron chi connectivity index (χ2n) is 15.9. The van der Waals surface area contributed by atoms with E-state index in [9.17, 15) is 0 Å². The summed E-state index contributed by atoms with van der Waals surface area (Å²) in [4.78, 5) is 15.8. The average Bonchev–Trinajstić information content (AvgIpc) is 3.93. The fourth-order valence-corrected chi connectivity index (χ4v) is 9.24. The number of benzene rings is 10. The molecule has 0 radical (unpaired) electrons. The molecule has 0 aliphatic heterocycles. The molecule has 0 aliphatic carbocycles. The van der Waals surface area contributed by atoms with Crippen LogP contribution in [0.1, 0.15) is 0 Å². The monoisotopic (exact) mass is 791 g/mol. The van der Waals surface area contributed by atoms with E-state index in [1.807, 2.05) is 24.3 Å². The van der Waals surface area contributed by atoms with E-state index in [2.05, 4.69) is 176 Å². The van der Waals surface area contributed by atoms with Crippen LogP contribution in [-0.4, -0.2) is 15.0 Å². The molecule has 62 heavy (non-hydrogen) atoms. The predicted octanol–water partition coefficient (Wildman–Crippen LogP) is 15.5. The summed E-state index contributed by atoms with van der Waals surface area (Å²) in [5, 5.41) is 11.1. The standard InChI is InChI=1S/C57H33N3O2/c1-3-11-39-31-41(26-21-34(39)9-1)36-19-24-38(25-20-36)55-58-56(43-28-23-37-29-30-51-52(48(37)33-43)45-13-5-6-17-49(45)61-51)60-57(59-55)47-16-8-18-50-53(47)46-15-7-14-44(54(46)62-50)42-27-22-35-10-2-4-12-40(35)32-42/h1-33H. The molecule has 0 unspecified atom stereocenters. The lowest BCUT2D eigenvalue weighted by Gasteiger charge is -2.11. The lowest BCUT2D eigenvalue weighted by molar-refractivity contribution is 0.669. The highest BCUT2D eigenvalue weighted by Crippen LogP contribution is 2.42. The van der Waals surface area contributed by atoms with Gasteiger partial charge in [-0.25, -0.2) is 15.0 Å². The van der Waals surface area contributed by atoms with Crippen molar-refractivity contribution < 1.29 is 8.83 Å². The van der Waals surface area contributed by atoms with Gasteiger partial charge in [0.2, 0.25) is 0 Å². The summed E-state index contributed by atoms with van der Waals surface area (Å²) in [5.74, 6) is 1.74. The van der Waals surface area contributed by atoms with Crippen LogP contribution >= 0.6 is 0 Å². The van der Waals surface area contributed by atoms with Gasteiger partial charge in [0.1, 0.15) is 22.3 Å². The summed E-state index contributed by atoms with van der Waals surface area (Å²) in [7, 11) is 0. The Balaban J connectivity index is 1.00. The largest absolute Gasteiger partial charge is 0.456 e. The number of fused-ring (bicyclic) bond motifs is 10. The average molecular weight is 792 g/mol. The molecule has 5 nitrogen and oxygen atoms in total. The van der Waals surface area contributed by atoms with Crippen molar-refractivity contribution in [2.24, 2.45) is 0 Å². The van der Waals surface area contributed by atoms with E-state index in [-0.39, 0.29) is 0 Å². The molecule has 0 N–H and O–H groups in total. The van der Waals surface area contributed by atoms with Crippen LogP contribution in [0.15, 0.2) is 209 Å². The Hall–Kier alpha value is -8.41. The molecule has 10 aromatic carbocycles. The third-order valence-electron chi connectivity index (χ3n) is 12.3. The quantitative estimate of drug-likeness (QED) is 0.174. The molecule has 0 bridgehead atoms. The highest BCUT2D eigenvalue weighted by Gasteiger charge is 2.21. The first-order valence-electron chi connectivity index (χ1n) is 20.8. The van der Waals surface area contributed by atoms with Crippen molar-refractivity contribution in [3.05, 3.63) is 200 Å². The van der Waals surface area contributed by atoms with Gasteiger partial charge in [0, 0.05) is 43.8 Å². The zero-order chi connectivity index (χ0) is 40.7. The van der Waals surface area contributed by atoms with Gasteiger partial charge in [-0.1, -0.05) is 164 Å². The van der Waals surface area contributed by atoms with Gasteiger partial charge in [-0.05, 0) is 85.4 Å². The number of rotatable bonds is 5. The van der Waals surface area contributed by atoms with Crippen LogP contribution in [0.25, 0.3) is 133 Å². The van der Waals surface area contributed by atoms with E-state index in [0.717, 1.165) is 93.6 Å². The molecule has 0 fully saturated rings. The molecule has 3 aromatic heterocycles. The van der Waals surface area contributed by atoms with Gasteiger partial charge in [-0.2, -0.15) is 0 Å². The molecule has 0 amide bonds. The first-order chi connectivity index (χ1) is 30.7. The van der Waals surface area contributed by atoms with Crippen LogP contribution in [0.3, 0.4) is 0 Å². The third-order valence-corrected chi connectivity index (χ3v) is 12.3. The van der Waals surface area contributed by atoms with Crippen LogP contribution in [0.4, 0.5) is 0 Å². The number of hydrogen-bond acceptors (Lipinski definition) is 5. The minimum atomic E-state index is 0.570. The van der Waals surface area contributed by atoms with Crippen molar-refractivity contribution in [1.82, 2.24) is 15.0 Å². The highest BCUT2D eigenvalue weighted by atomic mass is 16.3. The van der Waals surface area contributed by atoms with Gasteiger partial charge in [-0.3, -0.25) is 0 Å². The minimum Gasteiger partial charge on any atom is -0.456 e. The van der Waals surface area contributed by atoms with E-state index in [1.165, 1.54) is 21.5 Å². The molecule has 0 atom stereocenters. The van der Waals surface area contributed by atoms with Crippen LogP contribution in [0.2, 0.25) is 0 Å². The Morgan fingerprint density at radius 1 is 0.274 bits per heavy atom. The van der Waals surface area contributed by atoms with Crippen LogP contribution in [0, 0.1) is 0 Å². The van der Waals surface area contributed by atoms with E-state index in [4.69, 9.17) is 23.8 Å². The van der Waals surface area contributed by atoms with Crippen LogP contribution < -0.4 is 0 Å². The molecule has 0 aliphatic rings. The number of hydrogen-bond donors (Lipinski definition) is 0. The van der Waals surface area contributed by atoms with Gasteiger partial charge in [0.25, 0.3) is 0 Å². The van der Waals surface area contributed by atoms with Gasteiger partial charge >= 0.3 is 0 Å². The first-order valence-corrected chi connectivity index (χ1v) is 20.8. The van der Waals surface area contributed by atoms with Crippen molar-refractivity contribution >= 4 is 76.2 Å². The van der Waals surface area contributed by atoms with E-state index >= 15 is 0 Å². The molecule has 13 aromatic rings. The van der Waals surface area contributed by atoms with Crippen LogP contribution in [0.5, 0.6) is 0 Å². The molecular weight excluding hydrogens is 759 g/mol. The Labute approximate surface area is 355 Å². The lowest BCUT2D eigenvalue weighted by atomic mass is 9.98. The molecule has 0 spiro atoms. The van der Waals surface area contributed by atoms with Crippen LogP contribution in [-0.2, 0) is 0 Å². The summed E-state index contributed by atoms with van der Waals surface area (Å²) in [6.45, 7) is 0. The van der Waals surface area contributed by atoms with E-state index in [1.54, 1.807) is 0 Å². The second kappa shape index (κ2) is 13.6. The van der Waals surface area contributed by atoms with E-state index in [0.29, 0.717) is 17.5 Å². The molecular formula is C57H33N3O2. The van der Waals surface area contributed by atoms with Crippen molar-refractivity contribution in [3.63, 3.8) is 0 Å². The molecule has 3 heterocycles. The molecule has 13 rings (SSSR count). The molecule has 0 saturated heterocycles. The maximum atomic E-state index is 6.76. The topological polar surface area (TPSA) is 65.0 Å². The Morgan fingerprint density at radius 3 is 1.65 bits per heavy atom.